The first-order chi connectivity index (χ1) is 10.3. The molecule has 1 rings (SSSR count). The molecule has 1 saturated heterocycles. The maximum Gasteiger partial charge on any atom is 0.414 e. The standard InChI is InChI=1S/C8H20N6O7P2/c9-22(10,19)13(7(15)16)3-5-1-2-6(21-5)4-14(8(17)18)23(11,12)20/h5-6H,1-4H2,(H,15,16)(H,17,18)(H4,9,10,19)(H4,11,12,20)/t5-,6+. The minimum Gasteiger partial charge on any atom is -0.465 e. The first-order valence-corrected chi connectivity index (χ1v) is 9.93. The summed E-state index contributed by atoms with van der Waals surface area (Å²) in [6, 6.07) is 0. The smallest absolute Gasteiger partial charge is 0.414 e. The predicted octanol–water partition coefficient (Wildman–Crippen LogP) is -0.455. The lowest BCUT2D eigenvalue weighted by Gasteiger charge is -2.27. The fourth-order valence-electron chi connectivity index (χ4n) is 2.11. The Kier molecular flexibility index (Phi) is 6.16. The molecule has 13 nitrogen and oxygen atoms in total. The molecule has 1 fully saturated rings. The van der Waals surface area contributed by atoms with Crippen molar-refractivity contribution in [3.05, 3.63) is 0 Å². The molecule has 0 spiro atoms. The average molecular weight is 374 g/mol. The van der Waals surface area contributed by atoms with E-state index in [1.54, 1.807) is 0 Å². The van der Waals surface area contributed by atoms with Gasteiger partial charge in [0.2, 0.25) is 0 Å². The van der Waals surface area contributed by atoms with Crippen LogP contribution in [0.2, 0.25) is 0 Å². The van der Waals surface area contributed by atoms with E-state index < -0.39 is 39.6 Å². The Morgan fingerprint density at radius 2 is 1.22 bits per heavy atom. The van der Waals surface area contributed by atoms with Crippen LogP contribution in [0.3, 0.4) is 0 Å². The molecule has 0 aromatic carbocycles. The van der Waals surface area contributed by atoms with E-state index in [4.69, 9.17) is 37.0 Å². The van der Waals surface area contributed by atoms with Crippen LogP contribution in [-0.4, -0.2) is 57.0 Å². The van der Waals surface area contributed by atoms with Gasteiger partial charge >= 0.3 is 27.4 Å². The third-order valence-corrected chi connectivity index (χ3v) is 5.32. The van der Waals surface area contributed by atoms with Gasteiger partial charge in [-0.05, 0) is 12.8 Å². The van der Waals surface area contributed by atoms with Crippen LogP contribution < -0.4 is 22.0 Å². The fourth-order valence-corrected chi connectivity index (χ4v) is 3.52. The Morgan fingerprint density at radius 1 is 0.913 bits per heavy atom. The zero-order valence-corrected chi connectivity index (χ0v) is 13.8. The van der Waals surface area contributed by atoms with Gasteiger partial charge in [-0.1, -0.05) is 0 Å². The van der Waals surface area contributed by atoms with Crippen LogP contribution in [0.15, 0.2) is 0 Å². The molecule has 0 unspecified atom stereocenters. The van der Waals surface area contributed by atoms with Crippen molar-refractivity contribution in [2.45, 2.75) is 25.0 Å². The molecule has 23 heavy (non-hydrogen) atoms. The molecule has 1 heterocycles. The molecule has 0 aromatic heterocycles. The van der Waals surface area contributed by atoms with Crippen LogP contribution in [-0.2, 0) is 13.9 Å². The summed E-state index contributed by atoms with van der Waals surface area (Å²) in [6.45, 7) is -0.682. The van der Waals surface area contributed by atoms with E-state index >= 15 is 0 Å². The van der Waals surface area contributed by atoms with Crippen LogP contribution >= 0.6 is 15.2 Å². The largest absolute Gasteiger partial charge is 0.465 e. The van der Waals surface area contributed by atoms with Crippen molar-refractivity contribution in [2.24, 2.45) is 22.0 Å². The summed E-state index contributed by atoms with van der Waals surface area (Å²) < 4.78 is 29.2. The van der Waals surface area contributed by atoms with Crippen LogP contribution in [0.4, 0.5) is 9.59 Å². The number of rotatable bonds is 6. The Bertz CT molecular complexity index is 513. The zero-order valence-electron chi connectivity index (χ0n) is 12.0. The Labute approximate surface area is 131 Å². The highest BCUT2D eigenvalue weighted by molar-refractivity contribution is 7.57. The summed E-state index contributed by atoms with van der Waals surface area (Å²) in [5.74, 6) is 0. The van der Waals surface area contributed by atoms with E-state index in [2.05, 4.69) is 0 Å². The van der Waals surface area contributed by atoms with Gasteiger partial charge < -0.3 is 14.9 Å². The van der Waals surface area contributed by atoms with Crippen molar-refractivity contribution >= 4 is 27.4 Å². The lowest BCUT2D eigenvalue weighted by molar-refractivity contribution is 0.0268. The molecule has 0 aromatic rings. The van der Waals surface area contributed by atoms with Crippen molar-refractivity contribution in [2.75, 3.05) is 13.1 Å². The minimum absolute atomic E-state index is 0.335. The first kappa shape index (κ1) is 19.8. The van der Waals surface area contributed by atoms with Gasteiger partial charge in [-0.25, -0.2) is 18.9 Å². The predicted molar refractivity (Wildman–Crippen MR) is 79.3 cm³/mol. The van der Waals surface area contributed by atoms with Gasteiger partial charge in [0.05, 0.1) is 25.3 Å². The minimum atomic E-state index is -4.01. The maximum atomic E-state index is 11.5. The summed E-state index contributed by atoms with van der Waals surface area (Å²) in [6.07, 6.45) is -3.84. The lowest BCUT2D eigenvalue weighted by atomic mass is 10.2. The molecular weight excluding hydrogens is 354 g/mol. The number of nitrogens with zero attached hydrogens (tertiary/aromatic N) is 2. The number of carbonyl (C=O) groups is 2. The number of amides is 2. The van der Waals surface area contributed by atoms with Crippen molar-refractivity contribution in [3.8, 4) is 0 Å². The topological polar surface area (TPSA) is 229 Å². The monoisotopic (exact) mass is 374 g/mol. The second kappa shape index (κ2) is 7.14. The van der Waals surface area contributed by atoms with Crippen molar-refractivity contribution in [3.63, 3.8) is 0 Å². The van der Waals surface area contributed by atoms with Crippen molar-refractivity contribution < 1.29 is 33.7 Å². The molecule has 0 radical (unpaired) electrons. The Morgan fingerprint density at radius 3 is 1.43 bits per heavy atom. The summed E-state index contributed by atoms with van der Waals surface area (Å²) >= 11 is 0. The van der Waals surface area contributed by atoms with Gasteiger partial charge in [-0.15, -0.1) is 0 Å². The lowest BCUT2D eigenvalue weighted by Crippen LogP contribution is -2.41. The molecule has 15 heteroatoms. The number of hydrogen-bond acceptors (Lipinski definition) is 5. The maximum absolute atomic E-state index is 11.5. The van der Waals surface area contributed by atoms with Gasteiger partial charge in [-0.2, -0.15) is 0 Å². The SMILES string of the molecule is NP(N)(=O)N(C[C@H]1CC[C@@H](CN(C(=O)O)P(N)(N)=O)O1)C(=O)O. The molecule has 1 aliphatic rings. The molecule has 2 amide bonds. The number of nitrogens with two attached hydrogens (primary N) is 4. The molecule has 1 aliphatic heterocycles. The molecule has 0 bridgehead atoms. The number of hydrogen-bond donors (Lipinski definition) is 6. The first-order valence-electron chi connectivity index (χ1n) is 6.34. The fraction of sp³-hybridized carbons (Fsp3) is 0.750. The highest BCUT2D eigenvalue weighted by Crippen LogP contribution is 2.36. The highest BCUT2D eigenvalue weighted by Gasteiger charge is 2.37. The number of carboxylic acid groups (broad SMARTS) is 2. The van der Waals surface area contributed by atoms with E-state index in [1.807, 2.05) is 0 Å². The molecule has 10 N–H and O–H groups in total. The van der Waals surface area contributed by atoms with E-state index in [0.29, 0.717) is 22.2 Å². The van der Waals surface area contributed by atoms with E-state index in [0.717, 1.165) is 0 Å². The van der Waals surface area contributed by atoms with Gasteiger partial charge in [0.15, 0.2) is 0 Å². The van der Waals surface area contributed by atoms with E-state index in [1.165, 1.54) is 0 Å². The van der Waals surface area contributed by atoms with Crippen LogP contribution in [0.1, 0.15) is 12.8 Å². The summed E-state index contributed by atoms with van der Waals surface area (Å²) in [5.41, 5.74) is 20.6. The zero-order chi connectivity index (χ0) is 18.0. The second-order valence-electron chi connectivity index (χ2n) is 5.03. The van der Waals surface area contributed by atoms with E-state index in [9.17, 15) is 18.7 Å². The van der Waals surface area contributed by atoms with Gasteiger partial charge in [0.25, 0.3) is 0 Å². The Hall–Kier alpha value is -1.20. The van der Waals surface area contributed by atoms with Crippen LogP contribution in [0.25, 0.3) is 0 Å². The number of ether oxygens (including phenoxy) is 1. The average Bonchev–Trinajstić information content (AvgIpc) is 2.77. The highest BCUT2D eigenvalue weighted by atomic mass is 31.2. The summed E-state index contributed by atoms with van der Waals surface area (Å²) in [5, 5.41) is 17.9. The third kappa shape index (κ3) is 5.74. The molecule has 0 saturated carbocycles. The van der Waals surface area contributed by atoms with Crippen LogP contribution in [0.5, 0.6) is 0 Å². The van der Waals surface area contributed by atoms with Crippen molar-refractivity contribution in [1.29, 1.82) is 0 Å². The van der Waals surface area contributed by atoms with E-state index in [-0.39, 0.29) is 13.1 Å². The van der Waals surface area contributed by atoms with Crippen LogP contribution in [0, 0.1) is 0 Å². The molecule has 134 valence electrons. The summed E-state index contributed by atoms with van der Waals surface area (Å²) in [7, 11) is -8.02. The molecule has 0 aliphatic carbocycles. The Balaban J connectivity index is 2.68. The second-order valence-corrected chi connectivity index (χ2v) is 8.69. The molecular formula is C8H20N6O7P2. The van der Waals surface area contributed by atoms with Gasteiger partial charge in [-0.3, -0.25) is 31.1 Å². The van der Waals surface area contributed by atoms with Gasteiger partial charge in [0.1, 0.15) is 0 Å². The van der Waals surface area contributed by atoms with Crippen molar-refractivity contribution in [1.82, 2.24) is 9.34 Å². The molecule has 2 atom stereocenters. The van der Waals surface area contributed by atoms with Gasteiger partial charge in [0, 0.05) is 0 Å². The third-order valence-electron chi connectivity index (χ3n) is 3.14. The normalized spacial score (nSPS) is 21.9. The quantitative estimate of drug-likeness (QED) is 0.326. The summed E-state index contributed by atoms with van der Waals surface area (Å²) in [4.78, 5) is 22.0.